The summed E-state index contributed by atoms with van der Waals surface area (Å²) in [5.74, 6) is -0.205. The molecular formula is C20H12N4OS2. The molecule has 27 heavy (non-hydrogen) atoms. The Bertz CT molecular complexity index is 1290. The molecular weight excluding hydrogens is 376 g/mol. The minimum Gasteiger partial charge on any atom is -0.298 e. The minimum absolute atomic E-state index is 0.205. The maximum atomic E-state index is 12.5. The van der Waals surface area contributed by atoms with Crippen LogP contribution in [-0.4, -0.2) is 19.6 Å². The number of hydrogen-bond donors (Lipinski definition) is 1. The fraction of sp³-hybridized carbons (Fsp3) is 0. The highest BCUT2D eigenvalue weighted by Crippen LogP contribution is 2.31. The second kappa shape index (κ2) is 6.53. The monoisotopic (exact) mass is 388 g/mol. The Morgan fingerprint density at radius 2 is 1.78 bits per heavy atom. The summed E-state index contributed by atoms with van der Waals surface area (Å²) >= 11 is 2.55. The lowest BCUT2D eigenvalue weighted by molar-refractivity contribution is 0.102. The fourth-order valence-electron chi connectivity index (χ4n) is 3.00. The van der Waals surface area contributed by atoms with Gasteiger partial charge in [0.05, 0.1) is 17.4 Å². The van der Waals surface area contributed by atoms with Crippen LogP contribution in [0.4, 0.5) is 5.13 Å². The Labute approximate surface area is 162 Å². The van der Waals surface area contributed by atoms with Crippen molar-refractivity contribution in [2.45, 2.75) is 0 Å². The van der Waals surface area contributed by atoms with Gasteiger partial charge < -0.3 is 0 Å². The summed E-state index contributed by atoms with van der Waals surface area (Å²) in [6.07, 6.45) is 0. The molecule has 5 nitrogen and oxygen atoms in total. The second-order valence-corrected chi connectivity index (χ2v) is 7.37. The van der Waals surface area contributed by atoms with E-state index in [0.29, 0.717) is 10.7 Å². The van der Waals surface area contributed by atoms with E-state index in [2.05, 4.69) is 37.2 Å². The molecule has 0 saturated heterocycles. The van der Waals surface area contributed by atoms with E-state index in [0.717, 1.165) is 39.4 Å². The smallest absolute Gasteiger partial charge is 0.257 e. The van der Waals surface area contributed by atoms with Crippen LogP contribution in [0.3, 0.4) is 0 Å². The van der Waals surface area contributed by atoms with Crippen molar-refractivity contribution in [2.24, 2.45) is 0 Å². The summed E-state index contributed by atoms with van der Waals surface area (Å²) in [6, 6.07) is 19.6. The van der Waals surface area contributed by atoms with Crippen molar-refractivity contribution >= 4 is 55.9 Å². The number of rotatable bonds is 3. The number of nitrogens with zero attached hydrogens (tertiary/aromatic N) is 3. The van der Waals surface area contributed by atoms with E-state index in [9.17, 15) is 4.79 Å². The van der Waals surface area contributed by atoms with Gasteiger partial charge in [-0.05, 0) is 29.0 Å². The van der Waals surface area contributed by atoms with Gasteiger partial charge in [-0.1, -0.05) is 42.5 Å². The number of nitrogens with one attached hydrogen (secondary N) is 1. The number of anilines is 1. The second-order valence-electron chi connectivity index (χ2n) is 5.99. The van der Waals surface area contributed by atoms with Gasteiger partial charge in [0.1, 0.15) is 11.0 Å². The van der Waals surface area contributed by atoms with Crippen LogP contribution < -0.4 is 5.32 Å². The summed E-state index contributed by atoms with van der Waals surface area (Å²) in [6.45, 7) is 0. The van der Waals surface area contributed by atoms with Gasteiger partial charge in [-0.15, -0.1) is 11.3 Å². The third-order valence-electron chi connectivity index (χ3n) is 4.31. The summed E-state index contributed by atoms with van der Waals surface area (Å²) in [5, 5.41) is 7.72. The van der Waals surface area contributed by atoms with E-state index in [-0.39, 0.29) is 5.91 Å². The first-order valence-corrected chi connectivity index (χ1v) is 9.86. The van der Waals surface area contributed by atoms with Crippen LogP contribution in [0.15, 0.2) is 66.0 Å². The zero-order valence-electron chi connectivity index (χ0n) is 13.9. The molecule has 0 spiro atoms. The minimum atomic E-state index is -0.205. The predicted molar refractivity (Wildman–Crippen MR) is 110 cm³/mol. The Morgan fingerprint density at radius 3 is 2.74 bits per heavy atom. The van der Waals surface area contributed by atoms with Crippen LogP contribution in [0.25, 0.3) is 33.1 Å². The third kappa shape index (κ3) is 2.97. The molecule has 2 aromatic heterocycles. The molecule has 5 aromatic rings. The van der Waals surface area contributed by atoms with E-state index in [1.54, 1.807) is 18.2 Å². The van der Waals surface area contributed by atoms with Gasteiger partial charge in [-0.2, -0.15) is 8.75 Å². The van der Waals surface area contributed by atoms with Gasteiger partial charge in [-0.25, -0.2) is 4.98 Å². The quantitative estimate of drug-likeness (QED) is 0.460. The highest BCUT2D eigenvalue weighted by Gasteiger charge is 2.12. The average molecular weight is 388 g/mol. The van der Waals surface area contributed by atoms with Crippen LogP contribution in [-0.2, 0) is 0 Å². The van der Waals surface area contributed by atoms with Gasteiger partial charge in [0, 0.05) is 16.5 Å². The average Bonchev–Trinajstić information content (AvgIpc) is 3.36. The Morgan fingerprint density at radius 1 is 0.926 bits per heavy atom. The lowest BCUT2D eigenvalue weighted by Crippen LogP contribution is -2.11. The van der Waals surface area contributed by atoms with E-state index < -0.39 is 0 Å². The number of carbonyl (C=O) groups excluding carboxylic acids is 1. The van der Waals surface area contributed by atoms with Crippen molar-refractivity contribution in [3.8, 4) is 11.3 Å². The van der Waals surface area contributed by atoms with Crippen LogP contribution in [0.1, 0.15) is 10.4 Å². The largest absolute Gasteiger partial charge is 0.298 e. The molecule has 5 rings (SSSR count). The highest BCUT2D eigenvalue weighted by molar-refractivity contribution is 7.14. The molecule has 0 aliphatic carbocycles. The molecule has 0 fully saturated rings. The first kappa shape index (κ1) is 16.0. The first-order valence-electron chi connectivity index (χ1n) is 8.25. The highest BCUT2D eigenvalue weighted by atomic mass is 32.1. The zero-order chi connectivity index (χ0) is 18.2. The van der Waals surface area contributed by atoms with Gasteiger partial charge >= 0.3 is 0 Å². The number of fused-ring (bicyclic) bond motifs is 2. The number of hydrogen-bond acceptors (Lipinski definition) is 6. The molecule has 1 amide bonds. The molecule has 0 saturated carbocycles. The lowest BCUT2D eigenvalue weighted by Gasteiger charge is -2.04. The molecule has 7 heteroatoms. The predicted octanol–water partition coefficient (Wildman–Crippen LogP) is 5.22. The topological polar surface area (TPSA) is 67.8 Å². The van der Waals surface area contributed by atoms with Gasteiger partial charge in [0.15, 0.2) is 5.13 Å². The Hall–Kier alpha value is -3.16. The molecule has 0 radical (unpaired) electrons. The molecule has 0 aliphatic heterocycles. The summed E-state index contributed by atoms with van der Waals surface area (Å²) in [5.41, 5.74) is 3.97. The van der Waals surface area contributed by atoms with Gasteiger partial charge in [0.2, 0.25) is 0 Å². The molecule has 0 aliphatic rings. The third-order valence-corrected chi connectivity index (χ3v) is 5.62. The number of aromatic nitrogens is 3. The van der Waals surface area contributed by atoms with Crippen LogP contribution >= 0.6 is 23.1 Å². The summed E-state index contributed by atoms with van der Waals surface area (Å²) in [4.78, 5) is 17.2. The van der Waals surface area contributed by atoms with Crippen LogP contribution in [0.2, 0.25) is 0 Å². The van der Waals surface area contributed by atoms with Crippen molar-refractivity contribution < 1.29 is 4.79 Å². The Balaban J connectivity index is 1.44. The number of benzene rings is 3. The summed E-state index contributed by atoms with van der Waals surface area (Å²) < 4.78 is 8.33. The van der Waals surface area contributed by atoms with E-state index in [4.69, 9.17) is 0 Å². The SMILES string of the molecule is O=C(Nc1nc(-c2cccc3ccccc23)cs1)c1ccc2nsnc2c1. The van der Waals surface area contributed by atoms with Crippen molar-refractivity contribution in [1.82, 2.24) is 13.7 Å². The van der Waals surface area contributed by atoms with Crippen molar-refractivity contribution in [3.05, 3.63) is 71.6 Å². The molecule has 2 heterocycles. The van der Waals surface area contributed by atoms with Gasteiger partial charge in [-0.3, -0.25) is 10.1 Å². The number of carbonyl (C=O) groups is 1. The van der Waals surface area contributed by atoms with Crippen LogP contribution in [0, 0.1) is 0 Å². The molecule has 0 atom stereocenters. The molecule has 3 aromatic carbocycles. The molecule has 130 valence electrons. The first-order chi connectivity index (χ1) is 13.3. The lowest BCUT2D eigenvalue weighted by atomic mass is 10.0. The maximum Gasteiger partial charge on any atom is 0.257 e. The Kier molecular flexibility index (Phi) is 3.88. The maximum absolute atomic E-state index is 12.5. The summed E-state index contributed by atoms with van der Waals surface area (Å²) in [7, 11) is 0. The molecule has 1 N–H and O–H groups in total. The van der Waals surface area contributed by atoms with Crippen molar-refractivity contribution in [1.29, 1.82) is 0 Å². The van der Waals surface area contributed by atoms with Crippen LogP contribution in [0.5, 0.6) is 0 Å². The number of thiazole rings is 1. The molecule has 0 unspecified atom stereocenters. The normalized spacial score (nSPS) is 11.1. The van der Waals surface area contributed by atoms with E-state index >= 15 is 0 Å². The van der Waals surface area contributed by atoms with Gasteiger partial charge in [0.25, 0.3) is 5.91 Å². The fourth-order valence-corrected chi connectivity index (χ4v) is 4.22. The van der Waals surface area contributed by atoms with Crippen molar-refractivity contribution in [2.75, 3.05) is 5.32 Å². The number of amides is 1. The standard InChI is InChI=1S/C20H12N4OS2/c25-19(13-8-9-16-17(10-13)24-27-23-16)22-20-21-18(11-26-20)15-7-3-5-12-4-1-2-6-14(12)15/h1-11H,(H,21,22,25). The van der Waals surface area contributed by atoms with E-state index in [1.807, 2.05) is 29.6 Å². The zero-order valence-corrected chi connectivity index (χ0v) is 15.6. The van der Waals surface area contributed by atoms with E-state index in [1.165, 1.54) is 16.7 Å². The molecule has 0 bridgehead atoms. The van der Waals surface area contributed by atoms with Crippen molar-refractivity contribution in [3.63, 3.8) is 0 Å².